The number of benzene rings is 2. The van der Waals surface area contributed by atoms with Gasteiger partial charge in [-0.3, -0.25) is 14.5 Å². The van der Waals surface area contributed by atoms with Gasteiger partial charge in [-0.1, -0.05) is 37.3 Å². The van der Waals surface area contributed by atoms with Crippen molar-refractivity contribution in [2.75, 3.05) is 4.90 Å². The summed E-state index contributed by atoms with van der Waals surface area (Å²) in [6.45, 7) is 3.18. The van der Waals surface area contributed by atoms with E-state index < -0.39 is 24.0 Å². The summed E-state index contributed by atoms with van der Waals surface area (Å²) in [5.74, 6) is -1.32. The van der Waals surface area contributed by atoms with Gasteiger partial charge < -0.3 is 9.84 Å². The van der Waals surface area contributed by atoms with E-state index in [2.05, 4.69) is 0 Å². The second-order valence-corrected chi connectivity index (χ2v) is 6.09. The maximum absolute atomic E-state index is 13.0. The van der Waals surface area contributed by atoms with Gasteiger partial charge in [-0.05, 0) is 25.1 Å². The number of Topliss-reactive ketones (excluding diaryl/α,β-unsaturated/α-hetero) is 1. The number of carbonyl (C=O) groups excluding carboxylic acids is 2. The predicted molar refractivity (Wildman–Crippen MR) is 95.5 cm³/mol. The van der Waals surface area contributed by atoms with Crippen molar-refractivity contribution >= 4 is 23.3 Å². The molecule has 2 unspecified atom stereocenters. The molecule has 0 fully saturated rings. The van der Waals surface area contributed by atoms with Crippen LogP contribution in [0.2, 0.25) is 0 Å². The Kier molecular flexibility index (Phi) is 4.75. The highest BCUT2D eigenvalue weighted by Crippen LogP contribution is 2.40. The first kappa shape index (κ1) is 17.7. The van der Waals surface area contributed by atoms with Crippen molar-refractivity contribution < 1.29 is 24.2 Å². The molecule has 6 heteroatoms. The lowest BCUT2D eigenvalue weighted by Crippen LogP contribution is -2.49. The minimum atomic E-state index is -1.13. The largest absolute Gasteiger partial charge is 0.480 e. The molecule has 1 aliphatic heterocycles. The van der Waals surface area contributed by atoms with Crippen LogP contribution < -0.4 is 9.64 Å². The van der Waals surface area contributed by atoms with Crippen LogP contribution in [0.4, 0.5) is 5.69 Å². The maximum Gasteiger partial charge on any atom is 0.326 e. The summed E-state index contributed by atoms with van der Waals surface area (Å²) >= 11 is 0. The quantitative estimate of drug-likeness (QED) is 0.835. The highest BCUT2D eigenvalue weighted by Gasteiger charge is 2.40. The van der Waals surface area contributed by atoms with Crippen LogP contribution in [0.5, 0.6) is 5.75 Å². The zero-order chi connectivity index (χ0) is 18.8. The molecule has 0 spiro atoms. The Balaban J connectivity index is 2.12. The molecule has 0 saturated heterocycles. The van der Waals surface area contributed by atoms with Crippen LogP contribution in [-0.4, -0.2) is 28.8 Å². The van der Waals surface area contributed by atoms with E-state index in [1.54, 1.807) is 43.3 Å². The van der Waals surface area contributed by atoms with E-state index in [9.17, 15) is 19.5 Å². The summed E-state index contributed by atoms with van der Waals surface area (Å²) in [7, 11) is 0. The third kappa shape index (κ3) is 3.06. The highest BCUT2D eigenvalue weighted by molar-refractivity contribution is 6.06. The molecular weight excluding hydrogens is 334 g/mol. The van der Waals surface area contributed by atoms with Crippen LogP contribution in [0.15, 0.2) is 48.5 Å². The molecule has 0 aromatic heterocycles. The second kappa shape index (κ2) is 7.00. The monoisotopic (exact) mass is 353 g/mol. The number of anilines is 1. The molecular formula is C20H19NO5. The van der Waals surface area contributed by atoms with Gasteiger partial charge in [0.2, 0.25) is 6.10 Å². The number of nitrogens with zero attached hydrogens (tertiary/aromatic N) is 1. The highest BCUT2D eigenvalue weighted by atomic mass is 16.5. The van der Waals surface area contributed by atoms with Crippen molar-refractivity contribution in [3.63, 3.8) is 0 Å². The number of aliphatic carboxylic acids is 1. The maximum atomic E-state index is 13.0. The van der Waals surface area contributed by atoms with Crippen molar-refractivity contribution in [3.05, 3.63) is 59.7 Å². The standard InChI is InChI=1S/C20H19NO5/c1-3-16(22)14-9-10-17-15(11-14)21(12(2)20(24)25)19(23)18(26-17)13-7-5-4-6-8-13/h4-12,18H,3H2,1-2H3,(H,24,25). The van der Waals surface area contributed by atoms with Gasteiger partial charge in [0.15, 0.2) is 5.78 Å². The number of rotatable bonds is 5. The Labute approximate surface area is 151 Å². The van der Waals surface area contributed by atoms with Gasteiger partial charge in [0.05, 0.1) is 5.69 Å². The predicted octanol–water partition coefficient (Wildman–Crippen LogP) is 3.22. The lowest BCUT2D eigenvalue weighted by molar-refractivity contribution is -0.141. The fourth-order valence-corrected chi connectivity index (χ4v) is 2.95. The fraction of sp³-hybridized carbons (Fsp3) is 0.250. The van der Waals surface area contributed by atoms with E-state index in [1.807, 2.05) is 6.07 Å². The Hall–Kier alpha value is -3.15. The molecule has 1 N–H and O–H groups in total. The van der Waals surface area contributed by atoms with Crippen LogP contribution in [0, 0.1) is 0 Å². The molecule has 26 heavy (non-hydrogen) atoms. The summed E-state index contributed by atoms with van der Waals surface area (Å²) in [5, 5.41) is 9.46. The third-order valence-electron chi connectivity index (χ3n) is 4.42. The Morgan fingerprint density at radius 1 is 1.19 bits per heavy atom. The minimum absolute atomic E-state index is 0.0895. The molecule has 2 aromatic rings. The van der Waals surface area contributed by atoms with Crippen LogP contribution in [0.1, 0.15) is 42.3 Å². The summed E-state index contributed by atoms with van der Waals surface area (Å²) < 4.78 is 5.86. The summed E-state index contributed by atoms with van der Waals surface area (Å²) in [6, 6.07) is 12.6. The first-order valence-electron chi connectivity index (χ1n) is 8.38. The molecule has 1 heterocycles. The van der Waals surface area contributed by atoms with Crippen LogP contribution in [0.25, 0.3) is 0 Å². The smallest absolute Gasteiger partial charge is 0.326 e. The molecule has 0 radical (unpaired) electrons. The van der Waals surface area contributed by atoms with Crippen molar-refractivity contribution in [2.45, 2.75) is 32.4 Å². The van der Waals surface area contributed by atoms with Gasteiger partial charge in [-0.15, -0.1) is 0 Å². The van der Waals surface area contributed by atoms with E-state index >= 15 is 0 Å². The molecule has 1 amide bonds. The lowest BCUT2D eigenvalue weighted by atomic mass is 10.0. The normalized spacial score (nSPS) is 17.2. The lowest BCUT2D eigenvalue weighted by Gasteiger charge is -2.36. The zero-order valence-electron chi connectivity index (χ0n) is 14.5. The van der Waals surface area contributed by atoms with Crippen molar-refractivity contribution in [1.82, 2.24) is 0 Å². The van der Waals surface area contributed by atoms with Gasteiger partial charge in [0.1, 0.15) is 11.8 Å². The first-order valence-corrected chi connectivity index (χ1v) is 8.38. The molecule has 134 valence electrons. The van der Waals surface area contributed by atoms with Crippen LogP contribution in [0.3, 0.4) is 0 Å². The Morgan fingerprint density at radius 3 is 2.50 bits per heavy atom. The number of carbonyl (C=O) groups is 3. The molecule has 0 aliphatic carbocycles. The molecule has 6 nitrogen and oxygen atoms in total. The second-order valence-electron chi connectivity index (χ2n) is 6.09. The molecule has 2 atom stereocenters. The van der Waals surface area contributed by atoms with Crippen LogP contribution in [-0.2, 0) is 9.59 Å². The van der Waals surface area contributed by atoms with Gasteiger partial charge in [-0.2, -0.15) is 0 Å². The third-order valence-corrected chi connectivity index (χ3v) is 4.42. The molecule has 0 saturated carbocycles. The van der Waals surface area contributed by atoms with E-state index in [0.717, 1.165) is 0 Å². The Morgan fingerprint density at radius 2 is 1.88 bits per heavy atom. The summed E-state index contributed by atoms with van der Waals surface area (Å²) in [6.07, 6.45) is -0.618. The first-order chi connectivity index (χ1) is 12.4. The average molecular weight is 353 g/mol. The van der Waals surface area contributed by atoms with E-state index in [0.29, 0.717) is 29.0 Å². The van der Waals surface area contributed by atoms with Crippen molar-refractivity contribution in [1.29, 1.82) is 0 Å². The van der Waals surface area contributed by atoms with Gasteiger partial charge in [0, 0.05) is 17.5 Å². The summed E-state index contributed by atoms with van der Waals surface area (Å²) in [4.78, 5) is 37.8. The number of ketones is 1. The van der Waals surface area contributed by atoms with Gasteiger partial charge in [0.25, 0.3) is 5.91 Å². The van der Waals surface area contributed by atoms with E-state index in [1.165, 1.54) is 17.9 Å². The fourth-order valence-electron chi connectivity index (χ4n) is 2.95. The minimum Gasteiger partial charge on any atom is -0.480 e. The number of hydrogen-bond acceptors (Lipinski definition) is 4. The average Bonchev–Trinajstić information content (AvgIpc) is 2.66. The van der Waals surface area contributed by atoms with E-state index in [4.69, 9.17) is 4.74 Å². The van der Waals surface area contributed by atoms with Crippen molar-refractivity contribution in [2.24, 2.45) is 0 Å². The van der Waals surface area contributed by atoms with Gasteiger partial charge in [-0.25, -0.2) is 4.79 Å². The number of amides is 1. The molecule has 1 aliphatic rings. The number of ether oxygens (including phenoxy) is 1. The molecule has 2 aromatic carbocycles. The molecule has 3 rings (SSSR count). The number of hydrogen-bond donors (Lipinski definition) is 1. The number of fused-ring (bicyclic) bond motifs is 1. The van der Waals surface area contributed by atoms with Crippen LogP contribution >= 0.6 is 0 Å². The van der Waals surface area contributed by atoms with E-state index in [-0.39, 0.29) is 5.78 Å². The SMILES string of the molecule is CCC(=O)c1ccc2c(c1)N(C(C)C(=O)O)C(=O)C(c1ccccc1)O2. The number of carboxylic acid groups (broad SMARTS) is 1. The topological polar surface area (TPSA) is 83.9 Å². The Bertz CT molecular complexity index is 862. The zero-order valence-corrected chi connectivity index (χ0v) is 14.5. The number of carboxylic acids is 1. The van der Waals surface area contributed by atoms with Crippen molar-refractivity contribution in [3.8, 4) is 5.75 Å². The van der Waals surface area contributed by atoms with Gasteiger partial charge >= 0.3 is 5.97 Å². The summed E-state index contributed by atoms with van der Waals surface area (Å²) in [5.41, 5.74) is 1.36. The molecule has 0 bridgehead atoms.